The second-order valence-corrected chi connectivity index (χ2v) is 7.58. The maximum absolute atomic E-state index is 13.7. The van der Waals surface area contributed by atoms with E-state index in [4.69, 9.17) is 0 Å². The summed E-state index contributed by atoms with van der Waals surface area (Å²) >= 11 is 0. The molecule has 0 aromatic carbocycles. The molecule has 2 fully saturated rings. The molecule has 1 aromatic heterocycles. The average Bonchev–Trinajstić information content (AvgIpc) is 3.11. The van der Waals surface area contributed by atoms with Gasteiger partial charge in [-0.15, -0.1) is 0 Å². The maximum atomic E-state index is 13.7. The molecule has 1 aliphatic carbocycles. The van der Waals surface area contributed by atoms with E-state index in [-0.39, 0.29) is 6.61 Å². The number of carbonyl (C=O) groups is 1. The lowest BCUT2D eigenvalue weighted by Crippen LogP contribution is -2.31. The van der Waals surface area contributed by atoms with Gasteiger partial charge in [0.2, 0.25) is 5.83 Å². The number of aromatic nitrogens is 1. The van der Waals surface area contributed by atoms with Gasteiger partial charge in [-0.05, 0) is 55.9 Å². The first-order valence-electron chi connectivity index (χ1n) is 10.1. The van der Waals surface area contributed by atoms with Crippen LogP contribution in [-0.4, -0.2) is 48.1 Å². The standard InChI is InChI=1S/C21H30FN3O2/c1-2-27-21(26)19(22)12-17-8-9-20(23-13-17)24-18-10-11-25(15-18)14-16-6-4-3-5-7-16/h8-9,12-13,16,18H,2-7,10-11,14-15H2,1H3,(H,23,24)/b19-12+/t18-/m1/s1. The van der Waals surface area contributed by atoms with E-state index in [1.807, 2.05) is 6.07 Å². The van der Waals surface area contributed by atoms with Crippen LogP contribution in [0.4, 0.5) is 10.2 Å². The lowest BCUT2D eigenvalue weighted by atomic mass is 9.89. The molecule has 6 heteroatoms. The van der Waals surface area contributed by atoms with Crippen LogP contribution in [0, 0.1) is 5.92 Å². The fourth-order valence-corrected chi connectivity index (χ4v) is 4.04. The highest BCUT2D eigenvalue weighted by molar-refractivity contribution is 5.91. The molecule has 1 saturated heterocycles. The summed E-state index contributed by atoms with van der Waals surface area (Å²) in [5.74, 6) is -0.193. The number of rotatable bonds is 7. The van der Waals surface area contributed by atoms with Crippen LogP contribution < -0.4 is 5.32 Å². The summed E-state index contributed by atoms with van der Waals surface area (Å²) in [6, 6.07) is 3.98. The van der Waals surface area contributed by atoms with Gasteiger partial charge in [0.1, 0.15) is 5.82 Å². The van der Waals surface area contributed by atoms with Gasteiger partial charge in [0.15, 0.2) is 0 Å². The van der Waals surface area contributed by atoms with Gasteiger partial charge in [0, 0.05) is 31.9 Å². The Bertz CT molecular complexity index is 641. The topological polar surface area (TPSA) is 54.5 Å². The van der Waals surface area contributed by atoms with Crippen LogP contribution in [0.15, 0.2) is 24.2 Å². The summed E-state index contributed by atoms with van der Waals surface area (Å²) in [5, 5.41) is 3.47. The summed E-state index contributed by atoms with van der Waals surface area (Å²) < 4.78 is 18.3. The van der Waals surface area contributed by atoms with Crippen molar-refractivity contribution in [3.05, 3.63) is 29.7 Å². The van der Waals surface area contributed by atoms with Crippen molar-refractivity contribution in [3.8, 4) is 0 Å². The van der Waals surface area contributed by atoms with Crippen molar-refractivity contribution in [1.29, 1.82) is 0 Å². The fraction of sp³-hybridized carbons (Fsp3) is 0.619. The lowest BCUT2D eigenvalue weighted by molar-refractivity contribution is -0.140. The van der Waals surface area contributed by atoms with Crippen LogP contribution in [0.1, 0.15) is 51.0 Å². The molecule has 0 amide bonds. The molecule has 0 spiro atoms. The predicted octanol–water partition coefficient (Wildman–Crippen LogP) is 4.02. The zero-order valence-corrected chi connectivity index (χ0v) is 16.1. The van der Waals surface area contributed by atoms with E-state index in [0.717, 1.165) is 37.3 Å². The minimum atomic E-state index is -0.941. The molecule has 1 atom stereocenters. The Balaban J connectivity index is 1.47. The minimum absolute atomic E-state index is 0.153. The van der Waals surface area contributed by atoms with Crippen molar-refractivity contribution in [2.45, 2.75) is 51.5 Å². The maximum Gasteiger partial charge on any atom is 0.367 e. The van der Waals surface area contributed by atoms with Gasteiger partial charge >= 0.3 is 5.97 Å². The first-order chi connectivity index (χ1) is 13.1. The van der Waals surface area contributed by atoms with Gasteiger partial charge in [0.25, 0.3) is 0 Å². The van der Waals surface area contributed by atoms with Crippen molar-refractivity contribution in [1.82, 2.24) is 9.88 Å². The van der Waals surface area contributed by atoms with Crippen molar-refractivity contribution in [3.63, 3.8) is 0 Å². The van der Waals surface area contributed by atoms with E-state index in [2.05, 4.69) is 19.9 Å². The number of hydrogen-bond donors (Lipinski definition) is 1. The first kappa shape index (κ1) is 19.8. The Hall–Kier alpha value is -1.95. The first-order valence-corrected chi connectivity index (χ1v) is 10.1. The third kappa shape index (κ3) is 6.03. The Labute approximate surface area is 161 Å². The fourth-order valence-electron chi connectivity index (χ4n) is 4.04. The second-order valence-electron chi connectivity index (χ2n) is 7.58. The summed E-state index contributed by atoms with van der Waals surface area (Å²) in [7, 11) is 0. The summed E-state index contributed by atoms with van der Waals surface area (Å²) in [6.45, 7) is 5.21. The van der Waals surface area contributed by atoms with E-state index in [0.29, 0.717) is 11.6 Å². The Morgan fingerprint density at radius 3 is 2.85 bits per heavy atom. The third-order valence-corrected chi connectivity index (χ3v) is 5.42. The van der Waals surface area contributed by atoms with Crippen molar-refractivity contribution in [2.24, 2.45) is 5.92 Å². The van der Waals surface area contributed by atoms with Gasteiger partial charge in [-0.25, -0.2) is 9.78 Å². The number of nitrogens with zero attached hydrogens (tertiary/aromatic N) is 2. The molecule has 3 rings (SSSR count). The van der Waals surface area contributed by atoms with Crippen LogP contribution in [0.5, 0.6) is 0 Å². The van der Waals surface area contributed by atoms with E-state index < -0.39 is 11.8 Å². The summed E-state index contributed by atoms with van der Waals surface area (Å²) in [5.41, 5.74) is 0.538. The molecule has 5 nitrogen and oxygen atoms in total. The van der Waals surface area contributed by atoms with E-state index in [9.17, 15) is 9.18 Å². The molecule has 27 heavy (non-hydrogen) atoms. The summed E-state index contributed by atoms with van der Waals surface area (Å²) in [6.07, 6.45) is 10.8. The van der Waals surface area contributed by atoms with Crippen molar-refractivity contribution < 1.29 is 13.9 Å². The molecule has 2 aliphatic rings. The number of nitrogens with one attached hydrogen (secondary N) is 1. The Kier molecular flexibility index (Phi) is 7.21. The molecule has 1 saturated carbocycles. The molecule has 148 valence electrons. The molecule has 1 aromatic rings. The molecule has 0 unspecified atom stereocenters. The largest absolute Gasteiger partial charge is 0.461 e. The number of esters is 1. The minimum Gasteiger partial charge on any atom is -0.461 e. The molecular weight excluding hydrogens is 345 g/mol. The van der Waals surface area contributed by atoms with Crippen LogP contribution in [0.25, 0.3) is 6.08 Å². The van der Waals surface area contributed by atoms with Gasteiger partial charge in [-0.2, -0.15) is 4.39 Å². The van der Waals surface area contributed by atoms with E-state index >= 15 is 0 Å². The lowest BCUT2D eigenvalue weighted by Gasteiger charge is -2.26. The monoisotopic (exact) mass is 375 g/mol. The molecule has 0 bridgehead atoms. The number of halogens is 1. The zero-order valence-electron chi connectivity index (χ0n) is 16.1. The van der Waals surface area contributed by atoms with Crippen LogP contribution in [-0.2, 0) is 9.53 Å². The smallest absolute Gasteiger partial charge is 0.367 e. The number of carbonyl (C=O) groups excluding carboxylic acids is 1. The molecule has 1 N–H and O–H groups in total. The molecule has 2 heterocycles. The predicted molar refractivity (Wildman–Crippen MR) is 105 cm³/mol. The number of likely N-dealkylation sites (tertiary alicyclic amines) is 1. The summed E-state index contributed by atoms with van der Waals surface area (Å²) in [4.78, 5) is 18.2. The highest BCUT2D eigenvalue weighted by Gasteiger charge is 2.25. The van der Waals surface area contributed by atoms with Crippen LogP contribution in [0.3, 0.4) is 0 Å². The second kappa shape index (κ2) is 9.83. The van der Waals surface area contributed by atoms with Crippen LogP contribution >= 0.6 is 0 Å². The molecule has 0 radical (unpaired) electrons. The average molecular weight is 375 g/mol. The Morgan fingerprint density at radius 2 is 2.15 bits per heavy atom. The van der Waals surface area contributed by atoms with Gasteiger partial charge in [-0.1, -0.05) is 19.3 Å². The normalized spacial score (nSPS) is 22.0. The van der Waals surface area contributed by atoms with Gasteiger partial charge in [-0.3, -0.25) is 0 Å². The highest BCUT2D eigenvalue weighted by atomic mass is 19.1. The van der Waals surface area contributed by atoms with E-state index in [1.165, 1.54) is 38.6 Å². The number of anilines is 1. The van der Waals surface area contributed by atoms with Crippen molar-refractivity contribution >= 4 is 17.9 Å². The van der Waals surface area contributed by atoms with Crippen molar-refractivity contribution in [2.75, 3.05) is 31.6 Å². The van der Waals surface area contributed by atoms with E-state index in [1.54, 1.807) is 19.2 Å². The zero-order chi connectivity index (χ0) is 19.1. The third-order valence-electron chi connectivity index (χ3n) is 5.42. The SMILES string of the molecule is CCOC(=O)/C(F)=C\c1ccc(N[C@@H]2CCN(CC3CCCCC3)C2)nc1. The highest BCUT2D eigenvalue weighted by Crippen LogP contribution is 2.26. The van der Waals surface area contributed by atoms with Gasteiger partial charge in [0.05, 0.1) is 6.61 Å². The number of hydrogen-bond acceptors (Lipinski definition) is 5. The van der Waals surface area contributed by atoms with Crippen LogP contribution in [0.2, 0.25) is 0 Å². The quantitative estimate of drug-likeness (QED) is 0.576. The molecular formula is C21H30FN3O2. The molecule has 1 aliphatic heterocycles. The van der Waals surface area contributed by atoms with Gasteiger partial charge < -0.3 is 15.0 Å². The number of ether oxygens (including phenoxy) is 1. The number of pyridine rings is 1. The Morgan fingerprint density at radius 1 is 1.33 bits per heavy atom.